The number of non-ortho nitro benzene ring substituents is 1. The fraction of sp³-hybridized carbons (Fsp3) is 0.0833. The SMILES string of the molecule is O=C1c2[nH]nc(-c3ccccc3O)c2C(c2ccc([N+](=O)[O-])cc2)N1Cc1ccc(Cl)cc1. The van der Waals surface area contributed by atoms with Gasteiger partial charge in [0.05, 0.1) is 11.0 Å². The van der Waals surface area contributed by atoms with E-state index in [-0.39, 0.29) is 17.3 Å². The van der Waals surface area contributed by atoms with Crippen molar-refractivity contribution in [2.75, 3.05) is 0 Å². The van der Waals surface area contributed by atoms with Crippen LogP contribution in [0.3, 0.4) is 0 Å². The van der Waals surface area contributed by atoms with Crippen molar-refractivity contribution >= 4 is 23.2 Å². The zero-order valence-corrected chi connectivity index (χ0v) is 17.9. The number of phenols is 1. The van der Waals surface area contributed by atoms with Crippen molar-refractivity contribution in [2.24, 2.45) is 0 Å². The minimum absolute atomic E-state index is 0.0397. The number of phenolic OH excluding ortho intramolecular Hbond substituents is 1. The van der Waals surface area contributed by atoms with Gasteiger partial charge in [-0.05, 0) is 47.5 Å². The molecule has 1 unspecified atom stereocenters. The Morgan fingerprint density at radius 1 is 1.06 bits per heavy atom. The second kappa shape index (κ2) is 8.07. The lowest BCUT2D eigenvalue weighted by Crippen LogP contribution is -2.29. The summed E-state index contributed by atoms with van der Waals surface area (Å²) >= 11 is 6.01. The summed E-state index contributed by atoms with van der Waals surface area (Å²) in [7, 11) is 0. The molecule has 0 spiro atoms. The predicted molar refractivity (Wildman–Crippen MR) is 122 cm³/mol. The Bertz CT molecular complexity index is 1370. The summed E-state index contributed by atoms with van der Waals surface area (Å²) in [4.78, 5) is 25.8. The molecule has 1 amide bonds. The number of benzene rings is 3. The normalized spacial score (nSPS) is 15.0. The van der Waals surface area contributed by atoms with Crippen LogP contribution in [0.4, 0.5) is 5.69 Å². The number of aromatic nitrogens is 2. The summed E-state index contributed by atoms with van der Waals surface area (Å²) in [6, 6.07) is 19.5. The van der Waals surface area contributed by atoms with Crippen molar-refractivity contribution in [3.63, 3.8) is 0 Å². The van der Waals surface area contributed by atoms with Crippen molar-refractivity contribution in [1.29, 1.82) is 0 Å². The van der Waals surface area contributed by atoms with Gasteiger partial charge < -0.3 is 10.0 Å². The Morgan fingerprint density at radius 2 is 1.76 bits per heavy atom. The summed E-state index contributed by atoms with van der Waals surface area (Å²) in [5.74, 6) is -0.213. The van der Waals surface area contributed by atoms with E-state index in [0.29, 0.717) is 39.6 Å². The standard InChI is InChI=1S/C24H17ClN4O4/c25-16-9-5-14(6-10-16)13-28-23(15-7-11-17(12-8-15)29(32)33)20-21(26-27-22(20)24(28)31)18-3-1-2-4-19(18)30/h1-12,23,30H,13H2,(H,26,27). The topological polar surface area (TPSA) is 112 Å². The number of H-pyrrole nitrogens is 1. The first-order valence-corrected chi connectivity index (χ1v) is 10.5. The second-order valence-corrected chi connectivity index (χ2v) is 8.13. The van der Waals surface area contributed by atoms with Gasteiger partial charge in [-0.3, -0.25) is 20.0 Å². The number of hydrogen-bond donors (Lipinski definition) is 2. The van der Waals surface area contributed by atoms with Gasteiger partial charge in [-0.1, -0.05) is 35.9 Å². The molecule has 8 nitrogen and oxygen atoms in total. The Kier molecular flexibility index (Phi) is 5.07. The Hall–Kier alpha value is -4.17. The van der Waals surface area contributed by atoms with Crippen LogP contribution in [0.2, 0.25) is 5.02 Å². The molecule has 3 aromatic carbocycles. The number of amides is 1. The van der Waals surface area contributed by atoms with Crippen molar-refractivity contribution in [1.82, 2.24) is 15.1 Å². The number of aromatic amines is 1. The lowest BCUT2D eigenvalue weighted by molar-refractivity contribution is -0.384. The number of nitro benzene ring substituents is 1. The molecule has 5 rings (SSSR count). The van der Waals surface area contributed by atoms with Crippen molar-refractivity contribution in [2.45, 2.75) is 12.6 Å². The van der Waals surface area contributed by atoms with Gasteiger partial charge in [-0.15, -0.1) is 0 Å². The summed E-state index contributed by atoms with van der Waals surface area (Å²) in [6.45, 7) is 0.292. The van der Waals surface area contributed by atoms with Gasteiger partial charge in [-0.25, -0.2) is 0 Å². The molecule has 0 saturated carbocycles. The molecule has 9 heteroatoms. The molecule has 1 aliphatic rings. The molecular formula is C24H17ClN4O4. The van der Waals surface area contributed by atoms with Crippen molar-refractivity contribution < 1.29 is 14.8 Å². The number of aromatic hydroxyl groups is 1. The van der Waals surface area contributed by atoms with Crippen LogP contribution in [0.15, 0.2) is 72.8 Å². The summed E-state index contributed by atoms with van der Waals surface area (Å²) in [5.41, 5.74) is 3.42. The van der Waals surface area contributed by atoms with Crippen LogP contribution < -0.4 is 0 Å². The van der Waals surface area contributed by atoms with E-state index in [9.17, 15) is 20.0 Å². The van der Waals surface area contributed by atoms with E-state index in [0.717, 1.165) is 5.56 Å². The van der Waals surface area contributed by atoms with E-state index in [1.54, 1.807) is 53.4 Å². The second-order valence-electron chi connectivity index (χ2n) is 7.69. The molecule has 1 aromatic heterocycles. The first-order valence-electron chi connectivity index (χ1n) is 10.1. The minimum Gasteiger partial charge on any atom is -0.507 e. The number of hydrogen-bond acceptors (Lipinski definition) is 5. The highest BCUT2D eigenvalue weighted by Crippen LogP contribution is 2.45. The van der Waals surface area contributed by atoms with Crippen LogP contribution in [0, 0.1) is 10.1 Å². The van der Waals surface area contributed by atoms with Gasteiger partial charge >= 0.3 is 0 Å². The third-order valence-electron chi connectivity index (χ3n) is 5.71. The molecule has 4 aromatic rings. The van der Waals surface area contributed by atoms with Crippen molar-refractivity contribution in [3.8, 4) is 17.0 Å². The van der Waals surface area contributed by atoms with Gasteiger partial charge in [0.15, 0.2) is 0 Å². The number of carbonyl (C=O) groups excluding carboxylic acids is 1. The third kappa shape index (κ3) is 3.60. The van der Waals surface area contributed by atoms with Gasteiger partial charge in [0.2, 0.25) is 0 Å². The monoisotopic (exact) mass is 460 g/mol. The van der Waals surface area contributed by atoms with E-state index >= 15 is 0 Å². The Labute approximate surface area is 193 Å². The van der Waals surface area contributed by atoms with Crippen LogP contribution in [0.1, 0.15) is 33.2 Å². The van der Waals surface area contributed by atoms with Gasteiger partial charge in [0.1, 0.15) is 17.1 Å². The van der Waals surface area contributed by atoms with E-state index in [4.69, 9.17) is 11.6 Å². The summed E-state index contributed by atoms with van der Waals surface area (Å²) in [5, 5.41) is 29.3. The maximum absolute atomic E-state index is 13.4. The van der Waals surface area contributed by atoms with Gasteiger partial charge in [0.25, 0.3) is 11.6 Å². The molecular weight excluding hydrogens is 444 g/mol. The summed E-state index contributed by atoms with van der Waals surface area (Å²) in [6.07, 6.45) is 0. The third-order valence-corrected chi connectivity index (χ3v) is 5.96. The molecule has 0 aliphatic carbocycles. The van der Waals surface area contributed by atoms with E-state index in [2.05, 4.69) is 10.2 Å². The van der Waals surface area contributed by atoms with Crippen LogP contribution in [0.5, 0.6) is 5.75 Å². The van der Waals surface area contributed by atoms with Gasteiger partial charge in [0, 0.05) is 34.8 Å². The largest absolute Gasteiger partial charge is 0.507 e. The lowest BCUT2D eigenvalue weighted by atomic mass is 9.95. The first-order chi connectivity index (χ1) is 15.9. The molecule has 2 heterocycles. The molecule has 164 valence electrons. The fourth-order valence-electron chi connectivity index (χ4n) is 4.15. The molecule has 0 bridgehead atoms. The molecule has 2 N–H and O–H groups in total. The molecule has 0 fully saturated rings. The molecule has 1 aliphatic heterocycles. The van der Waals surface area contributed by atoms with Gasteiger partial charge in [-0.2, -0.15) is 5.10 Å². The van der Waals surface area contributed by atoms with Crippen LogP contribution in [0.25, 0.3) is 11.3 Å². The average molecular weight is 461 g/mol. The van der Waals surface area contributed by atoms with E-state index < -0.39 is 11.0 Å². The fourth-order valence-corrected chi connectivity index (χ4v) is 4.28. The predicted octanol–water partition coefficient (Wildman–Crippen LogP) is 5.09. The molecule has 0 radical (unpaired) electrons. The maximum Gasteiger partial charge on any atom is 0.273 e. The van der Waals surface area contributed by atoms with Crippen LogP contribution in [-0.4, -0.2) is 31.0 Å². The Morgan fingerprint density at radius 3 is 2.42 bits per heavy atom. The number of rotatable bonds is 5. The number of nitrogens with one attached hydrogen (secondary N) is 1. The van der Waals surface area contributed by atoms with E-state index in [1.807, 2.05) is 12.1 Å². The van der Waals surface area contributed by atoms with Crippen LogP contribution in [-0.2, 0) is 6.54 Å². The number of nitro groups is 1. The number of carbonyl (C=O) groups is 1. The minimum atomic E-state index is -0.558. The van der Waals surface area contributed by atoms with E-state index in [1.165, 1.54) is 12.1 Å². The summed E-state index contributed by atoms with van der Waals surface area (Å²) < 4.78 is 0. The molecule has 1 atom stereocenters. The smallest absolute Gasteiger partial charge is 0.273 e. The zero-order valence-electron chi connectivity index (χ0n) is 17.1. The number of nitrogens with zero attached hydrogens (tertiary/aromatic N) is 3. The van der Waals surface area contributed by atoms with Crippen molar-refractivity contribution in [3.05, 3.63) is 110 Å². The zero-order chi connectivity index (χ0) is 23.1. The maximum atomic E-state index is 13.4. The number of fused-ring (bicyclic) bond motifs is 1. The number of para-hydroxylation sites is 1. The highest BCUT2D eigenvalue weighted by atomic mass is 35.5. The first kappa shape index (κ1) is 20.7. The quantitative estimate of drug-likeness (QED) is 0.318. The molecule has 33 heavy (non-hydrogen) atoms. The average Bonchev–Trinajstić information content (AvgIpc) is 3.35. The van der Waals surface area contributed by atoms with Crippen LogP contribution >= 0.6 is 11.6 Å². The highest BCUT2D eigenvalue weighted by molar-refractivity contribution is 6.30. The lowest BCUT2D eigenvalue weighted by Gasteiger charge is -2.26. The highest BCUT2D eigenvalue weighted by Gasteiger charge is 2.42. The number of halogens is 1. The Balaban J connectivity index is 1.65. The molecule has 0 saturated heterocycles.